The third kappa shape index (κ3) is 4.24. The van der Waals surface area contributed by atoms with Crippen molar-refractivity contribution in [1.29, 1.82) is 0 Å². The van der Waals surface area contributed by atoms with Gasteiger partial charge < -0.3 is 14.8 Å². The molecule has 0 radical (unpaired) electrons. The van der Waals surface area contributed by atoms with Crippen molar-refractivity contribution in [3.8, 4) is 0 Å². The first kappa shape index (κ1) is 21.2. The molecule has 0 atom stereocenters. The monoisotopic (exact) mass is 485 g/mol. The zero-order valence-corrected chi connectivity index (χ0v) is 18.3. The standard InChI is InChI=1S/C22H20BrN3O5/c1-2-31-20(27)10-22(12-30-13-22)14-3-6-16(7-4-14)25-21-17-9-15(23)5-8-18(17)24-11-19(21)26(28)29/h3-9,11H,2,10,12-13H2,1H3,(H,24,25). The van der Waals surface area contributed by atoms with Crippen molar-refractivity contribution in [2.45, 2.75) is 18.8 Å². The molecule has 1 N–H and O–H groups in total. The molecule has 1 fully saturated rings. The number of hydrogen-bond acceptors (Lipinski definition) is 7. The maximum atomic E-state index is 12.0. The van der Waals surface area contributed by atoms with Crippen LogP contribution in [-0.2, 0) is 19.7 Å². The average molecular weight is 486 g/mol. The molecule has 1 aromatic heterocycles. The number of carbonyl (C=O) groups excluding carboxylic acids is 1. The quantitative estimate of drug-likeness (QED) is 0.289. The Kier molecular flexibility index (Phi) is 5.88. The van der Waals surface area contributed by atoms with E-state index in [9.17, 15) is 14.9 Å². The summed E-state index contributed by atoms with van der Waals surface area (Å²) in [7, 11) is 0. The SMILES string of the molecule is CCOC(=O)CC1(c2ccc(Nc3c([N+](=O)[O-])cnc4ccc(Br)cc34)cc2)COC1. The van der Waals surface area contributed by atoms with Gasteiger partial charge in [0.1, 0.15) is 11.9 Å². The maximum absolute atomic E-state index is 12.0. The minimum absolute atomic E-state index is 0.110. The Morgan fingerprint density at radius 1 is 1.29 bits per heavy atom. The number of fused-ring (bicyclic) bond motifs is 1. The van der Waals surface area contributed by atoms with Crippen LogP contribution in [0, 0.1) is 10.1 Å². The molecule has 0 spiro atoms. The fourth-order valence-electron chi connectivity index (χ4n) is 3.68. The van der Waals surface area contributed by atoms with E-state index in [1.807, 2.05) is 30.3 Å². The van der Waals surface area contributed by atoms with Crippen LogP contribution in [-0.4, -0.2) is 35.7 Å². The number of hydrogen-bond donors (Lipinski definition) is 1. The van der Waals surface area contributed by atoms with Gasteiger partial charge in [-0.3, -0.25) is 14.9 Å². The van der Waals surface area contributed by atoms with E-state index in [1.54, 1.807) is 19.1 Å². The smallest absolute Gasteiger partial charge is 0.311 e. The predicted octanol–water partition coefficient (Wildman–Crippen LogP) is 4.87. The Bertz CT molecular complexity index is 1150. The van der Waals surface area contributed by atoms with E-state index in [0.29, 0.717) is 42.1 Å². The summed E-state index contributed by atoms with van der Waals surface area (Å²) in [5.74, 6) is -0.252. The van der Waals surface area contributed by atoms with Gasteiger partial charge in [0.25, 0.3) is 0 Å². The second-order valence-corrected chi connectivity index (χ2v) is 8.31. The fraction of sp³-hybridized carbons (Fsp3) is 0.273. The first-order valence-corrected chi connectivity index (χ1v) is 10.5. The highest BCUT2D eigenvalue weighted by atomic mass is 79.9. The Hall–Kier alpha value is -3.04. The van der Waals surface area contributed by atoms with Gasteiger partial charge in [-0.05, 0) is 42.8 Å². The number of carbonyl (C=O) groups is 1. The highest BCUT2D eigenvalue weighted by Gasteiger charge is 2.42. The molecule has 4 rings (SSSR count). The summed E-state index contributed by atoms with van der Waals surface area (Å²) >= 11 is 3.41. The van der Waals surface area contributed by atoms with Gasteiger partial charge in [0.2, 0.25) is 0 Å². The average Bonchev–Trinajstić information content (AvgIpc) is 2.72. The molecule has 1 aliphatic heterocycles. The van der Waals surface area contributed by atoms with Crippen LogP contribution in [0.25, 0.3) is 10.9 Å². The van der Waals surface area contributed by atoms with Crippen LogP contribution in [0.15, 0.2) is 53.1 Å². The van der Waals surface area contributed by atoms with Gasteiger partial charge >= 0.3 is 11.7 Å². The molecule has 0 unspecified atom stereocenters. The van der Waals surface area contributed by atoms with Gasteiger partial charge in [0, 0.05) is 15.5 Å². The van der Waals surface area contributed by atoms with Crippen molar-refractivity contribution in [3.63, 3.8) is 0 Å². The Labute approximate surface area is 186 Å². The molecule has 31 heavy (non-hydrogen) atoms. The molecule has 160 valence electrons. The molecular weight excluding hydrogens is 466 g/mol. The summed E-state index contributed by atoms with van der Waals surface area (Å²) in [5.41, 5.74) is 2.16. The van der Waals surface area contributed by atoms with Crippen molar-refractivity contribution in [1.82, 2.24) is 4.98 Å². The van der Waals surface area contributed by atoms with E-state index in [2.05, 4.69) is 26.2 Å². The molecule has 1 saturated heterocycles. The lowest BCUT2D eigenvalue weighted by molar-refractivity contribution is -0.384. The van der Waals surface area contributed by atoms with Crippen LogP contribution in [0.5, 0.6) is 0 Å². The highest BCUT2D eigenvalue weighted by Crippen LogP contribution is 2.38. The molecule has 0 amide bonds. The van der Waals surface area contributed by atoms with Crippen LogP contribution in [0.4, 0.5) is 17.1 Å². The van der Waals surface area contributed by atoms with Crippen LogP contribution < -0.4 is 5.32 Å². The van der Waals surface area contributed by atoms with Gasteiger partial charge in [-0.1, -0.05) is 28.1 Å². The molecular formula is C22H20BrN3O5. The van der Waals surface area contributed by atoms with E-state index >= 15 is 0 Å². The zero-order valence-electron chi connectivity index (χ0n) is 16.8. The Morgan fingerprint density at radius 3 is 2.65 bits per heavy atom. The van der Waals surface area contributed by atoms with E-state index in [4.69, 9.17) is 9.47 Å². The number of pyridine rings is 1. The molecule has 2 heterocycles. The number of anilines is 2. The van der Waals surface area contributed by atoms with Crippen molar-refractivity contribution in [3.05, 3.63) is 68.8 Å². The largest absolute Gasteiger partial charge is 0.466 e. The number of ether oxygens (including phenoxy) is 2. The number of nitro groups is 1. The number of nitrogens with zero attached hydrogens (tertiary/aromatic N) is 2. The van der Waals surface area contributed by atoms with Crippen molar-refractivity contribution >= 4 is 49.9 Å². The second kappa shape index (κ2) is 8.60. The van der Waals surface area contributed by atoms with Crippen LogP contribution in [0.1, 0.15) is 18.9 Å². The van der Waals surface area contributed by atoms with Gasteiger partial charge in [-0.25, -0.2) is 4.98 Å². The van der Waals surface area contributed by atoms with Gasteiger partial charge in [-0.2, -0.15) is 0 Å². The minimum atomic E-state index is -0.454. The summed E-state index contributed by atoms with van der Waals surface area (Å²) in [4.78, 5) is 27.3. The normalized spacial score (nSPS) is 14.6. The van der Waals surface area contributed by atoms with Crippen molar-refractivity contribution < 1.29 is 19.2 Å². The van der Waals surface area contributed by atoms with Gasteiger partial charge in [-0.15, -0.1) is 0 Å². The number of rotatable bonds is 7. The fourth-order valence-corrected chi connectivity index (χ4v) is 4.04. The highest BCUT2D eigenvalue weighted by molar-refractivity contribution is 9.10. The van der Waals surface area contributed by atoms with E-state index in [1.165, 1.54) is 6.20 Å². The molecule has 8 nitrogen and oxygen atoms in total. The van der Waals surface area contributed by atoms with Gasteiger partial charge in [0.05, 0.1) is 42.1 Å². The van der Waals surface area contributed by atoms with E-state index in [-0.39, 0.29) is 18.1 Å². The number of halogens is 1. The first-order valence-electron chi connectivity index (χ1n) is 9.75. The van der Waals surface area contributed by atoms with Crippen LogP contribution in [0.3, 0.4) is 0 Å². The minimum Gasteiger partial charge on any atom is -0.466 e. The molecule has 9 heteroatoms. The topological polar surface area (TPSA) is 104 Å². The van der Waals surface area contributed by atoms with Gasteiger partial charge in [0.15, 0.2) is 0 Å². The first-order chi connectivity index (χ1) is 14.9. The van der Waals surface area contributed by atoms with Crippen molar-refractivity contribution in [2.75, 3.05) is 25.1 Å². The van der Waals surface area contributed by atoms with Crippen molar-refractivity contribution in [2.24, 2.45) is 0 Å². The van der Waals surface area contributed by atoms with E-state index in [0.717, 1.165) is 10.0 Å². The third-order valence-electron chi connectivity index (χ3n) is 5.32. The lowest BCUT2D eigenvalue weighted by Gasteiger charge is -2.41. The van der Waals surface area contributed by atoms with Crippen LogP contribution in [0.2, 0.25) is 0 Å². The lowest BCUT2D eigenvalue weighted by Crippen LogP contribution is -2.48. The Morgan fingerprint density at radius 2 is 2.03 bits per heavy atom. The molecule has 0 bridgehead atoms. The molecule has 2 aromatic carbocycles. The number of benzene rings is 2. The summed E-state index contributed by atoms with van der Waals surface area (Å²) < 4.78 is 11.3. The second-order valence-electron chi connectivity index (χ2n) is 7.39. The number of nitrogens with one attached hydrogen (secondary N) is 1. The molecule has 0 aliphatic carbocycles. The van der Waals surface area contributed by atoms with E-state index < -0.39 is 10.3 Å². The molecule has 1 aliphatic rings. The number of esters is 1. The zero-order chi connectivity index (χ0) is 22.0. The molecule has 3 aromatic rings. The lowest BCUT2D eigenvalue weighted by atomic mass is 9.76. The maximum Gasteiger partial charge on any atom is 0.311 e. The summed E-state index contributed by atoms with van der Waals surface area (Å²) in [6, 6.07) is 12.9. The van der Waals surface area contributed by atoms with Crippen LogP contribution >= 0.6 is 15.9 Å². The summed E-state index contributed by atoms with van der Waals surface area (Å²) in [5, 5.41) is 15.4. The Balaban J connectivity index is 1.65. The molecule has 0 saturated carbocycles. The summed E-state index contributed by atoms with van der Waals surface area (Å²) in [6.07, 6.45) is 1.51. The third-order valence-corrected chi connectivity index (χ3v) is 5.81. The number of aromatic nitrogens is 1. The predicted molar refractivity (Wildman–Crippen MR) is 120 cm³/mol. The summed E-state index contributed by atoms with van der Waals surface area (Å²) in [6.45, 7) is 3.02.